The number of rotatable bonds is 5. The van der Waals surface area contributed by atoms with E-state index < -0.39 is 0 Å². The van der Waals surface area contributed by atoms with Crippen molar-refractivity contribution in [1.29, 1.82) is 0 Å². The van der Waals surface area contributed by atoms with Gasteiger partial charge < -0.3 is 4.90 Å². The molecule has 0 aliphatic carbocycles. The number of hydrogen-bond acceptors (Lipinski definition) is 1. The molecule has 15 heavy (non-hydrogen) atoms. The van der Waals surface area contributed by atoms with E-state index in [1.165, 1.54) is 5.56 Å². The summed E-state index contributed by atoms with van der Waals surface area (Å²) >= 11 is 3.82. The normalized spacial score (nSPS) is 10.0. The third-order valence-electron chi connectivity index (χ3n) is 2.39. The van der Waals surface area contributed by atoms with Crippen LogP contribution >= 0.6 is 12.6 Å². The summed E-state index contributed by atoms with van der Waals surface area (Å²) in [4.78, 5) is 12.7. The van der Waals surface area contributed by atoms with E-state index in [9.17, 15) is 4.79 Å². The molecule has 0 aliphatic rings. The van der Waals surface area contributed by atoms with Gasteiger partial charge in [-0.05, 0) is 25.3 Å². The number of benzene rings is 1. The number of amides is 1. The minimum Gasteiger partial charge on any atom is -0.334 e. The Morgan fingerprint density at radius 2 is 2.00 bits per heavy atom. The van der Waals surface area contributed by atoms with Crippen LogP contribution in [-0.2, 0) is 6.42 Å². The van der Waals surface area contributed by atoms with Gasteiger partial charge in [0.15, 0.2) is 0 Å². The molecule has 0 saturated carbocycles. The zero-order valence-corrected chi connectivity index (χ0v) is 9.91. The third kappa shape index (κ3) is 4.38. The van der Waals surface area contributed by atoms with Crippen molar-refractivity contribution in [3.05, 3.63) is 35.9 Å². The molecule has 0 fully saturated rings. The van der Waals surface area contributed by atoms with Gasteiger partial charge in [0.25, 0.3) is 5.24 Å². The largest absolute Gasteiger partial charge is 0.334 e. The Kier molecular flexibility index (Phi) is 5.26. The van der Waals surface area contributed by atoms with E-state index in [-0.39, 0.29) is 5.24 Å². The molecule has 0 unspecified atom stereocenters. The van der Waals surface area contributed by atoms with Crippen LogP contribution in [0.15, 0.2) is 30.3 Å². The highest BCUT2D eigenvalue weighted by atomic mass is 32.1. The SMILES string of the molecule is CCN(CCCc1ccccc1)C(=O)S. The fourth-order valence-electron chi connectivity index (χ4n) is 1.51. The van der Waals surface area contributed by atoms with Gasteiger partial charge >= 0.3 is 0 Å². The van der Waals surface area contributed by atoms with Gasteiger partial charge in [-0.25, -0.2) is 0 Å². The van der Waals surface area contributed by atoms with Gasteiger partial charge in [0.2, 0.25) is 0 Å². The van der Waals surface area contributed by atoms with Crippen LogP contribution in [0.1, 0.15) is 18.9 Å². The first kappa shape index (κ1) is 12.1. The monoisotopic (exact) mass is 223 g/mol. The van der Waals surface area contributed by atoms with Crippen LogP contribution in [0, 0.1) is 0 Å². The minimum absolute atomic E-state index is 0.134. The van der Waals surface area contributed by atoms with E-state index in [0.29, 0.717) is 0 Å². The predicted octanol–water partition coefficient (Wildman–Crippen LogP) is 2.99. The third-order valence-corrected chi connectivity index (χ3v) is 2.67. The molecule has 0 aromatic heterocycles. The summed E-state index contributed by atoms with van der Waals surface area (Å²) in [5, 5.41) is -0.134. The average Bonchev–Trinajstić information content (AvgIpc) is 2.25. The lowest BCUT2D eigenvalue weighted by molar-refractivity contribution is 0.225. The van der Waals surface area contributed by atoms with Crippen molar-refractivity contribution in [1.82, 2.24) is 4.90 Å². The molecule has 0 spiro atoms. The molecule has 1 amide bonds. The molecule has 0 atom stereocenters. The highest BCUT2D eigenvalue weighted by molar-refractivity contribution is 7.96. The Labute approximate surface area is 96.7 Å². The van der Waals surface area contributed by atoms with E-state index in [2.05, 4.69) is 24.8 Å². The van der Waals surface area contributed by atoms with Crippen molar-refractivity contribution in [2.45, 2.75) is 19.8 Å². The Hall–Kier alpha value is -0.960. The lowest BCUT2D eigenvalue weighted by atomic mass is 10.1. The fraction of sp³-hybridized carbons (Fsp3) is 0.417. The van der Waals surface area contributed by atoms with E-state index in [1.54, 1.807) is 4.90 Å². The van der Waals surface area contributed by atoms with Crippen LogP contribution in [0.2, 0.25) is 0 Å². The molecular formula is C12H17NOS. The predicted molar refractivity (Wildman–Crippen MR) is 66.4 cm³/mol. The molecule has 3 heteroatoms. The van der Waals surface area contributed by atoms with Gasteiger partial charge in [0, 0.05) is 13.1 Å². The molecule has 82 valence electrons. The lowest BCUT2D eigenvalue weighted by Crippen LogP contribution is -2.27. The van der Waals surface area contributed by atoms with Gasteiger partial charge in [-0.2, -0.15) is 0 Å². The van der Waals surface area contributed by atoms with Crippen LogP contribution in [0.25, 0.3) is 0 Å². The van der Waals surface area contributed by atoms with Gasteiger partial charge in [-0.15, -0.1) is 0 Å². The van der Waals surface area contributed by atoms with Crippen molar-refractivity contribution in [2.24, 2.45) is 0 Å². The summed E-state index contributed by atoms with van der Waals surface area (Å²) in [6, 6.07) is 10.3. The number of nitrogens with zero attached hydrogens (tertiary/aromatic N) is 1. The first-order valence-electron chi connectivity index (χ1n) is 5.26. The number of hydrogen-bond donors (Lipinski definition) is 1. The maximum Gasteiger partial charge on any atom is 0.278 e. The Bertz CT molecular complexity index is 300. The van der Waals surface area contributed by atoms with Crippen molar-refractivity contribution in [3.8, 4) is 0 Å². The quantitative estimate of drug-likeness (QED) is 0.761. The highest BCUT2D eigenvalue weighted by Crippen LogP contribution is 2.04. The van der Waals surface area contributed by atoms with Crippen molar-refractivity contribution in [2.75, 3.05) is 13.1 Å². The number of carbonyl (C=O) groups excluding carboxylic acids is 1. The lowest BCUT2D eigenvalue weighted by Gasteiger charge is -2.17. The summed E-state index contributed by atoms with van der Waals surface area (Å²) in [6.07, 6.45) is 2.00. The molecule has 1 aromatic rings. The summed E-state index contributed by atoms with van der Waals surface area (Å²) in [5.74, 6) is 0. The molecule has 0 aliphatic heterocycles. The molecular weight excluding hydrogens is 206 g/mol. The van der Waals surface area contributed by atoms with Crippen LogP contribution in [0.3, 0.4) is 0 Å². The molecule has 0 N–H and O–H groups in total. The second-order valence-electron chi connectivity index (χ2n) is 3.45. The number of carbonyl (C=O) groups is 1. The maximum atomic E-state index is 11.0. The number of thiol groups is 1. The fourth-order valence-corrected chi connectivity index (χ4v) is 1.75. The van der Waals surface area contributed by atoms with Gasteiger partial charge in [0.1, 0.15) is 0 Å². The van der Waals surface area contributed by atoms with Crippen molar-refractivity contribution < 1.29 is 4.79 Å². The van der Waals surface area contributed by atoms with E-state index >= 15 is 0 Å². The van der Waals surface area contributed by atoms with E-state index in [1.807, 2.05) is 25.1 Å². The highest BCUT2D eigenvalue weighted by Gasteiger charge is 2.05. The average molecular weight is 223 g/mol. The molecule has 1 aromatic carbocycles. The zero-order valence-electron chi connectivity index (χ0n) is 9.02. The Morgan fingerprint density at radius 1 is 1.33 bits per heavy atom. The summed E-state index contributed by atoms with van der Waals surface area (Å²) in [7, 11) is 0. The summed E-state index contributed by atoms with van der Waals surface area (Å²) in [5.41, 5.74) is 1.32. The van der Waals surface area contributed by atoms with Gasteiger partial charge in [0.05, 0.1) is 0 Å². The molecule has 0 heterocycles. The molecule has 2 nitrogen and oxygen atoms in total. The van der Waals surface area contributed by atoms with Gasteiger partial charge in [-0.1, -0.05) is 43.0 Å². The molecule has 0 bridgehead atoms. The molecule has 0 saturated heterocycles. The first-order chi connectivity index (χ1) is 7.24. The number of aryl methyl sites for hydroxylation is 1. The van der Waals surface area contributed by atoms with Crippen molar-refractivity contribution >= 4 is 17.9 Å². The van der Waals surface area contributed by atoms with Gasteiger partial charge in [-0.3, -0.25) is 4.79 Å². The maximum absolute atomic E-state index is 11.0. The van der Waals surface area contributed by atoms with Crippen LogP contribution < -0.4 is 0 Å². The second-order valence-corrected chi connectivity index (χ2v) is 3.83. The Morgan fingerprint density at radius 3 is 2.53 bits per heavy atom. The zero-order chi connectivity index (χ0) is 11.1. The van der Waals surface area contributed by atoms with Crippen LogP contribution in [0.4, 0.5) is 4.79 Å². The Balaban J connectivity index is 2.30. The first-order valence-corrected chi connectivity index (χ1v) is 5.70. The topological polar surface area (TPSA) is 20.3 Å². The standard InChI is InChI=1S/C12H17NOS/c1-2-13(12(14)15)10-6-9-11-7-4-3-5-8-11/h3-5,7-8H,2,6,9-10H2,1H3,(H,14,15). The van der Waals surface area contributed by atoms with Crippen LogP contribution in [0.5, 0.6) is 0 Å². The smallest absolute Gasteiger partial charge is 0.278 e. The van der Waals surface area contributed by atoms with Crippen molar-refractivity contribution in [3.63, 3.8) is 0 Å². The minimum atomic E-state index is -0.134. The summed E-state index contributed by atoms with van der Waals surface area (Å²) in [6.45, 7) is 3.49. The van der Waals surface area contributed by atoms with E-state index in [0.717, 1.165) is 25.9 Å². The summed E-state index contributed by atoms with van der Waals surface area (Å²) < 4.78 is 0. The molecule has 1 rings (SSSR count). The molecule has 0 radical (unpaired) electrons. The second kappa shape index (κ2) is 6.51. The van der Waals surface area contributed by atoms with E-state index in [4.69, 9.17) is 0 Å². The van der Waals surface area contributed by atoms with Crippen LogP contribution in [-0.4, -0.2) is 23.2 Å².